The van der Waals surface area contributed by atoms with E-state index in [4.69, 9.17) is 10.7 Å². The van der Waals surface area contributed by atoms with Crippen molar-refractivity contribution in [2.75, 3.05) is 36.2 Å². The summed E-state index contributed by atoms with van der Waals surface area (Å²) < 4.78 is 2.10. The minimum atomic E-state index is -0.0748. The first-order chi connectivity index (χ1) is 23.1. The van der Waals surface area contributed by atoms with Crippen LogP contribution in [-0.2, 0) is 17.4 Å². The molecule has 246 valence electrons. The van der Waals surface area contributed by atoms with Gasteiger partial charge in [-0.25, -0.2) is 4.57 Å². The quantitative estimate of drug-likeness (QED) is 0.171. The number of hydrogen-bond donors (Lipinski definition) is 2. The third-order valence-electron chi connectivity index (χ3n) is 10.6. The highest BCUT2D eigenvalue weighted by Crippen LogP contribution is 2.48. The van der Waals surface area contributed by atoms with E-state index in [1.165, 1.54) is 51.4 Å². The van der Waals surface area contributed by atoms with E-state index in [1.807, 2.05) is 6.33 Å². The van der Waals surface area contributed by atoms with Gasteiger partial charge in [-0.05, 0) is 72.2 Å². The lowest BCUT2D eigenvalue weighted by molar-refractivity contribution is -0.673. The van der Waals surface area contributed by atoms with Gasteiger partial charge >= 0.3 is 5.65 Å². The number of aromatic amines is 1. The first-order valence-corrected chi connectivity index (χ1v) is 17.1. The number of allylic oxidation sites excluding steroid dienone is 8. The second-order valence-electron chi connectivity index (χ2n) is 14.3. The molecule has 0 atom stereocenters. The second-order valence-corrected chi connectivity index (χ2v) is 14.3. The number of likely N-dealkylation sites (N-methyl/N-ethyl adjacent to an activating group) is 2. The predicted molar refractivity (Wildman–Crippen MR) is 197 cm³/mol. The van der Waals surface area contributed by atoms with Crippen LogP contribution in [0.3, 0.4) is 0 Å². The van der Waals surface area contributed by atoms with E-state index in [-0.39, 0.29) is 10.8 Å². The summed E-state index contributed by atoms with van der Waals surface area (Å²) in [5, 5.41) is 0. The van der Waals surface area contributed by atoms with E-state index in [0.29, 0.717) is 12.4 Å². The summed E-state index contributed by atoms with van der Waals surface area (Å²) in [6.45, 7) is 10.8. The highest BCUT2D eigenvalue weighted by Gasteiger charge is 2.39. The maximum atomic E-state index is 6.05. The lowest BCUT2D eigenvalue weighted by Gasteiger charge is -2.25. The zero-order valence-corrected chi connectivity index (χ0v) is 29.1. The molecule has 2 aromatic carbocycles. The van der Waals surface area contributed by atoms with Crippen molar-refractivity contribution in [3.8, 4) is 0 Å². The standard InChI is InChI=1S/C40H46N8/c1-39(2)29-15-7-9-17-31(29)46(5)33(39)21-19-27-13-11-14-28(20-22-34-40(3,4)30-16-8-10-18-32(30)47(34)6)35(27)42-23-12-24-48-26-45-36-37(41)43-25-44-38(36)48/h7-10,15-22,25-26H,11-14,23-24H2,1-6H3,(H2,41,43,44)/p+1/b27-19+,28-20?,33-21-,34-22?,42-35?. The molecular formula is C40H47N8+. The number of benzene rings is 2. The molecule has 4 aromatic rings. The second kappa shape index (κ2) is 12.2. The number of hydrogen-bond acceptors (Lipinski definition) is 6. The van der Waals surface area contributed by atoms with Gasteiger partial charge in [0.05, 0.1) is 12.3 Å². The number of aromatic nitrogens is 4. The number of anilines is 3. The molecule has 4 heterocycles. The number of nitrogen functional groups attached to an aromatic ring is 1. The molecule has 1 saturated carbocycles. The number of rotatable bonds is 6. The van der Waals surface area contributed by atoms with Crippen LogP contribution in [0.1, 0.15) is 64.5 Å². The van der Waals surface area contributed by atoms with Crippen molar-refractivity contribution in [1.82, 2.24) is 15.0 Å². The Hall–Kier alpha value is -4.98. The molecular weight excluding hydrogens is 592 g/mol. The number of aryl methyl sites for hydroxylation is 1. The summed E-state index contributed by atoms with van der Waals surface area (Å²) in [5.74, 6) is 0.465. The first-order valence-electron chi connectivity index (χ1n) is 17.1. The van der Waals surface area contributed by atoms with Gasteiger partial charge in [-0.3, -0.25) is 9.98 Å². The molecule has 0 radical (unpaired) electrons. The number of H-pyrrole nitrogens is 1. The van der Waals surface area contributed by atoms with Gasteiger partial charge in [0.25, 0.3) is 0 Å². The van der Waals surface area contributed by atoms with E-state index < -0.39 is 0 Å². The van der Waals surface area contributed by atoms with Crippen molar-refractivity contribution in [3.05, 3.63) is 119 Å². The molecule has 2 aromatic heterocycles. The fraction of sp³-hybridized carbons (Fsp3) is 0.350. The molecule has 0 amide bonds. The van der Waals surface area contributed by atoms with Crippen LogP contribution >= 0.6 is 0 Å². The average Bonchev–Trinajstić information content (AvgIpc) is 3.65. The minimum Gasteiger partial charge on any atom is -0.380 e. The highest BCUT2D eigenvalue weighted by atomic mass is 15.2. The Labute approximate surface area is 284 Å². The normalized spacial score (nSPS) is 22.5. The van der Waals surface area contributed by atoms with Crippen molar-refractivity contribution in [2.45, 2.75) is 70.8 Å². The fourth-order valence-electron chi connectivity index (χ4n) is 7.95. The molecule has 1 aliphatic carbocycles. The van der Waals surface area contributed by atoms with Gasteiger partial charge in [0.2, 0.25) is 5.52 Å². The van der Waals surface area contributed by atoms with Crippen LogP contribution in [0.2, 0.25) is 0 Å². The Kier molecular flexibility index (Phi) is 8.06. The molecule has 0 bridgehead atoms. The molecule has 7 rings (SSSR count). The molecule has 3 N–H and O–H groups in total. The van der Waals surface area contributed by atoms with Crippen LogP contribution in [0.25, 0.3) is 11.2 Å². The van der Waals surface area contributed by atoms with Gasteiger partial charge in [-0.1, -0.05) is 81.2 Å². The van der Waals surface area contributed by atoms with Gasteiger partial charge in [0.15, 0.2) is 18.5 Å². The van der Waals surface area contributed by atoms with Crippen LogP contribution in [0, 0.1) is 0 Å². The monoisotopic (exact) mass is 639 g/mol. The average molecular weight is 640 g/mol. The number of nitrogens with one attached hydrogen (secondary N) is 1. The Morgan fingerprint density at radius 3 is 1.96 bits per heavy atom. The smallest absolute Gasteiger partial charge is 0.307 e. The zero-order chi connectivity index (χ0) is 33.6. The van der Waals surface area contributed by atoms with Gasteiger partial charge < -0.3 is 15.5 Å². The summed E-state index contributed by atoms with van der Waals surface area (Å²) in [4.78, 5) is 21.8. The lowest BCUT2D eigenvalue weighted by Crippen LogP contribution is -2.33. The molecule has 0 spiro atoms. The number of aliphatic imine (C=N–C) groups is 1. The van der Waals surface area contributed by atoms with Gasteiger partial charge in [-0.15, -0.1) is 0 Å². The maximum Gasteiger partial charge on any atom is 0.307 e. The Morgan fingerprint density at radius 2 is 1.40 bits per heavy atom. The zero-order valence-electron chi connectivity index (χ0n) is 29.1. The molecule has 48 heavy (non-hydrogen) atoms. The number of fused-ring (bicyclic) bond motifs is 3. The summed E-state index contributed by atoms with van der Waals surface area (Å²) in [6.07, 6.45) is 16.8. The van der Waals surface area contributed by atoms with Crippen LogP contribution in [-0.4, -0.2) is 41.3 Å². The third kappa shape index (κ3) is 5.33. The first kappa shape index (κ1) is 31.6. The van der Waals surface area contributed by atoms with Gasteiger partial charge in [0.1, 0.15) is 0 Å². The van der Waals surface area contributed by atoms with Crippen molar-refractivity contribution < 1.29 is 4.57 Å². The van der Waals surface area contributed by atoms with Crippen molar-refractivity contribution in [1.29, 1.82) is 0 Å². The lowest BCUT2D eigenvalue weighted by atomic mass is 9.82. The summed E-state index contributed by atoms with van der Waals surface area (Å²) in [6, 6.07) is 17.5. The number of imidazole rings is 1. The van der Waals surface area contributed by atoms with E-state index in [0.717, 1.165) is 49.1 Å². The van der Waals surface area contributed by atoms with Crippen LogP contribution < -0.4 is 20.1 Å². The van der Waals surface area contributed by atoms with E-state index in [9.17, 15) is 0 Å². The number of nitrogens with zero attached hydrogens (tertiary/aromatic N) is 6. The maximum absolute atomic E-state index is 6.05. The largest absolute Gasteiger partial charge is 0.380 e. The summed E-state index contributed by atoms with van der Waals surface area (Å²) >= 11 is 0. The van der Waals surface area contributed by atoms with Crippen molar-refractivity contribution in [3.63, 3.8) is 0 Å². The van der Waals surface area contributed by atoms with E-state index in [2.05, 4.69) is 144 Å². The molecule has 2 aliphatic heterocycles. The molecule has 3 aliphatic rings. The van der Waals surface area contributed by atoms with Gasteiger partial charge in [0, 0.05) is 54.2 Å². The molecule has 0 saturated heterocycles. The highest BCUT2D eigenvalue weighted by molar-refractivity contribution is 6.13. The Bertz CT molecular complexity index is 1940. The van der Waals surface area contributed by atoms with Crippen LogP contribution in [0.15, 0.2) is 113 Å². The third-order valence-corrected chi connectivity index (χ3v) is 10.6. The van der Waals surface area contributed by atoms with Crippen molar-refractivity contribution in [2.24, 2.45) is 4.99 Å². The summed E-state index contributed by atoms with van der Waals surface area (Å²) in [7, 11) is 4.37. The van der Waals surface area contributed by atoms with E-state index >= 15 is 0 Å². The number of nitrogens with two attached hydrogens (primary N) is 1. The molecule has 1 fully saturated rings. The van der Waals surface area contributed by atoms with E-state index in [1.54, 1.807) is 0 Å². The number of para-hydroxylation sites is 2. The fourth-order valence-corrected chi connectivity index (χ4v) is 7.95. The molecule has 0 unspecified atom stereocenters. The Balaban J connectivity index is 1.22. The van der Waals surface area contributed by atoms with Gasteiger partial charge in [-0.2, -0.15) is 4.98 Å². The molecule has 8 nitrogen and oxygen atoms in total. The van der Waals surface area contributed by atoms with Crippen LogP contribution in [0.5, 0.6) is 0 Å². The topological polar surface area (TPSA) is 90.3 Å². The summed E-state index contributed by atoms with van der Waals surface area (Å²) in [5.41, 5.74) is 19.2. The Morgan fingerprint density at radius 1 is 0.833 bits per heavy atom. The SMILES string of the molecule is CN1C(=CC=C2CCC/C(=C\C=C3/N(C)c4ccccc4C3(C)C)C2=NCCC[n+]2c[nH]c3c(N)ncnc32)C(C)(C)c2ccccc21. The predicted octanol–water partition coefficient (Wildman–Crippen LogP) is 7.32. The molecule has 8 heteroatoms. The van der Waals surface area contributed by atoms with Crippen LogP contribution in [0.4, 0.5) is 17.2 Å². The minimum absolute atomic E-state index is 0.0748. The van der Waals surface area contributed by atoms with Crippen molar-refractivity contribution >= 4 is 34.1 Å².